The number of methoxy groups -OCH3 is 1. The molecule has 0 amide bonds. The summed E-state index contributed by atoms with van der Waals surface area (Å²) < 4.78 is 5.17. The number of nitrogens with two attached hydrogens (primary N) is 1. The van der Waals surface area contributed by atoms with Crippen molar-refractivity contribution in [1.29, 1.82) is 0 Å². The van der Waals surface area contributed by atoms with Gasteiger partial charge in [0.15, 0.2) is 0 Å². The molecule has 2 N–H and O–H groups in total. The molecule has 1 atom stereocenters. The van der Waals surface area contributed by atoms with Gasteiger partial charge in [-0.1, -0.05) is 19.3 Å². The van der Waals surface area contributed by atoms with Crippen LogP contribution in [0, 0.1) is 0 Å². The van der Waals surface area contributed by atoms with E-state index in [1.54, 1.807) is 7.11 Å². The maximum atomic E-state index is 5.73. The molecule has 0 aliphatic heterocycles. The van der Waals surface area contributed by atoms with Gasteiger partial charge in [0.25, 0.3) is 0 Å². The molecule has 1 aliphatic rings. The fourth-order valence-corrected chi connectivity index (χ4v) is 2.78. The highest BCUT2D eigenvalue weighted by molar-refractivity contribution is 4.80. The van der Waals surface area contributed by atoms with Crippen LogP contribution in [0.5, 0.6) is 0 Å². The van der Waals surface area contributed by atoms with Crippen molar-refractivity contribution in [3.05, 3.63) is 0 Å². The molecule has 1 rings (SSSR count). The van der Waals surface area contributed by atoms with Gasteiger partial charge >= 0.3 is 0 Å². The van der Waals surface area contributed by atoms with Crippen molar-refractivity contribution >= 4 is 0 Å². The Morgan fingerprint density at radius 2 is 2.00 bits per heavy atom. The standard InChI is InChI=1S/C13H28N2O/c1-12(8-11-16-2)15(10-9-14)13-6-4-3-5-7-13/h12-13H,3-11,14H2,1-2H3. The molecule has 0 aromatic carbocycles. The first kappa shape index (κ1) is 13.9. The van der Waals surface area contributed by atoms with Gasteiger partial charge in [-0.15, -0.1) is 0 Å². The van der Waals surface area contributed by atoms with E-state index in [4.69, 9.17) is 10.5 Å². The Morgan fingerprint density at radius 1 is 1.31 bits per heavy atom. The Hall–Kier alpha value is -0.120. The average Bonchev–Trinajstić information content (AvgIpc) is 2.34. The predicted molar refractivity (Wildman–Crippen MR) is 68.6 cm³/mol. The third kappa shape index (κ3) is 4.40. The number of rotatable bonds is 7. The van der Waals surface area contributed by atoms with Crippen molar-refractivity contribution in [3.63, 3.8) is 0 Å². The highest BCUT2D eigenvalue weighted by atomic mass is 16.5. The largest absolute Gasteiger partial charge is 0.385 e. The number of nitrogens with zero attached hydrogens (tertiary/aromatic N) is 1. The third-order valence-corrected chi connectivity index (χ3v) is 3.74. The van der Waals surface area contributed by atoms with E-state index in [-0.39, 0.29) is 0 Å². The van der Waals surface area contributed by atoms with E-state index >= 15 is 0 Å². The van der Waals surface area contributed by atoms with Gasteiger partial charge < -0.3 is 10.5 Å². The molecular formula is C13H28N2O. The van der Waals surface area contributed by atoms with E-state index in [2.05, 4.69) is 11.8 Å². The van der Waals surface area contributed by atoms with Crippen molar-refractivity contribution in [2.45, 2.75) is 57.5 Å². The molecule has 0 spiro atoms. The Kier molecular flexibility index (Phi) is 7.01. The minimum atomic E-state index is 0.603. The minimum absolute atomic E-state index is 0.603. The first-order valence-electron chi connectivity index (χ1n) is 6.74. The van der Waals surface area contributed by atoms with Gasteiger partial charge in [0.05, 0.1) is 0 Å². The molecule has 1 fully saturated rings. The van der Waals surface area contributed by atoms with Gasteiger partial charge in [-0.25, -0.2) is 0 Å². The van der Waals surface area contributed by atoms with Crippen molar-refractivity contribution < 1.29 is 4.74 Å². The van der Waals surface area contributed by atoms with Crippen LogP contribution in [-0.2, 0) is 4.74 Å². The lowest BCUT2D eigenvalue weighted by Gasteiger charge is -2.38. The first-order valence-corrected chi connectivity index (χ1v) is 6.74. The first-order chi connectivity index (χ1) is 7.79. The van der Waals surface area contributed by atoms with Gasteiger partial charge in [0.1, 0.15) is 0 Å². The van der Waals surface area contributed by atoms with Gasteiger partial charge in [0, 0.05) is 38.9 Å². The number of ether oxygens (including phenoxy) is 1. The van der Waals surface area contributed by atoms with Crippen LogP contribution in [0.15, 0.2) is 0 Å². The zero-order valence-corrected chi connectivity index (χ0v) is 11.0. The van der Waals surface area contributed by atoms with E-state index < -0.39 is 0 Å². The molecule has 0 bridgehead atoms. The Balaban J connectivity index is 2.43. The second kappa shape index (κ2) is 8.04. The highest BCUT2D eigenvalue weighted by Gasteiger charge is 2.24. The summed E-state index contributed by atoms with van der Waals surface area (Å²) in [6.45, 7) is 4.97. The Labute approximate surface area is 100 Å². The van der Waals surface area contributed by atoms with E-state index in [0.717, 1.165) is 32.2 Å². The van der Waals surface area contributed by atoms with Crippen LogP contribution in [0.4, 0.5) is 0 Å². The summed E-state index contributed by atoms with van der Waals surface area (Å²) in [4.78, 5) is 2.61. The van der Waals surface area contributed by atoms with Crippen LogP contribution in [-0.4, -0.2) is 43.8 Å². The molecular weight excluding hydrogens is 200 g/mol. The van der Waals surface area contributed by atoms with Crippen molar-refractivity contribution in [3.8, 4) is 0 Å². The maximum Gasteiger partial charge on any atom is 0.0477 e. The molecule has 3 heteroatoms. The molecule has 0 radical (unpaired) electrons. The monoisotopic (exact) mass is 228 g/mol. The van der Waals surface area contributed by atoms with E-state index in [9.17, 15) is 0 Å². The fraction of sp³-hybridized carbons (Fsp3) is 1.00. The molecule has 16 heavy (non-hydrogen) atoms. The third-order valence-electron chi connectivity index (χ3n) is 3.74. The Morgan fingerprint density at radius 3 is 2.56 bits per heavy atom. The van der Waals surface area contributed by atoms with Crippen LogP contribution in [0.2, 0.25) is 0 Å². The number of hydrogen-bond donors (Lipinski definition) is 1. The second-order valence-electron chi connectivity index (χ2n) is 4.95. The summed E-state index contributed by atoms with van der Waals surface area (Å²) in [6.07, 6.45) is 8.03. The van der Waals surface area contributed by atoms with Crippen LogP contribution in [0.1, 0.15) is 45.4 Å². The van der Waals surface area contributed by atoms with Gasteiger partial charge in [-0.3, -0.25) is 4.90 Å². The van der Waals surface area contributed by atoms with Crippen LogP contribution in [0.25, 0.3) is 0 Å². The summed E-state index contributed by atoms with van der Waals surface area (Å²) in [6, 6.07) is 1.37. The predicted octanol–water partition coefficient (Wildman–Crippen LogP) is 2.00. The smallest absolute Gasteiger partial charge is 0.0477 e. The quantitative estimate of drug-likeness (QED) is 0.724. The molecule has 1 saturated carbocycles. The van der Waals surface area contributed by atoms with Crippen LogP contribution in [0.3, 0.4) is 0 Å². The molecule has 1 unspecified atom stereocenters. The molecule has 0 aromatic heterocycles. The summed E-state index contributed by atoms with van der Waals surface area (Å²) in [5.74, 6) is 0. The van der Waals surface area contributed by atoms with Crippen LogP contribution >= 0.6 is 0 Å². The number of hydrogen-bond acceptors (Lipinski definition) is 3. The van der Waals surface area contributed by atoms with Crippen molar-refractivity contribution in [2.24, 2.45) is 5.73 Å². The lowest BCUT2D eigenvalue weighted by molar-refractivity contribution is 0.0881. The molecule has 0 saturated heterocycles. The Bertz CT molecular complexity index is 169. The molecule has 0 heterocycles. The van der Waals surface area contributed by atoms with Gasteiger partial charge in [0.2, 0.25) is 0 Å². The minimum Gasteiger partial charge on any atom is -0.385 e. The zero-order chi connectivity index (χ0) is 11.8. The lowest BCUT2D eigenvalue weighted by atomic mass is 9.93. The van der Waals surface area contributed by atoms with Crippen molar-refractivity contribution in [2.75, 3.05) is 26.8 Å². The SMILES string of the molecule is COCCC(C)N(CCN)C1CCCCC1. The summed E-state index contributed by atoms with van der Waals surface area (Å²) in [5, 5.41) is 0. The van der Waals surface area contributed by atoms with E-state index in [1.165, 1.54) is 32.1 Å². The van der Waals surface area contributed by atoms with E-state index in [1.807, 2.05) is 0 Å². The maximum absolute atomic E-state index is 5.73. The summed E-state index contributed by atoms with van der Waals surface area (Å²) in [5.41, 5.74) is 5.73. The molecule has 3 nitrogen and oxygen atoms in total. The van der Waals surface area contributed by atoms with E-state index in [0.29, 0.717) is 6.04 Å². The van der Waals surface area contributed by atoms with Gasteiger partial charge in [-0.05, 0) is 26.2 Å². The fourth-order valence-electron chi connectivity index (χ4n) is 2.78. The topological polar surface area (TPSA) is 38.5 Å². The summed E-state index contributed by atoms with van der Waals surface area (Å²) >= 11 is 0. The molecule has 96 valence electrons. The summed E-state index contributed by atoms with van der Waals surface area (Å²) in [7, 11) is 1.78. The van der Waals surface area contributed by atoms with Crippen LogP contribution < -0.4 is 5.73 Å². The van der Waals surface area contributed by atoms with Gasteiger partial charge in [-0.2, -0.15) is 0 Å². The average molecular weight is 228 g/mol. The highest BCUT2D eigenvalue weighted by Crippen LogP contribution is 2.24. The lowest BCUT2D eigenvalue weighted by Crippen LogP contribution is -2.45. The van der Waals surface area contributed by atoms with Crippen molar-refractivity contribution in [1.82, 2.24) is 4.90 Å². The zero-order valence-electron chi connectivity index (χ0n) is 11.0. The molecule has 1 aliphatic carbocycles. The second-order valence-corrected chi connectivity index (χ2v) is 4.95. The molecule has 0 aromatic rings. The normalized spacial score (nSPS) is 20.2.